The van der Waals surface area contributed by atoms with E-state index in [1.54, 1.807) is 0 Å². The summed E-state index contributed by atoms with van der Waals surface area (Å²) < 4.78 is 20.1. The van der Waals surface area contributed by atoms with Crippen LogP contribution in [0.5, 0.6) is 0 Å². The predicted octanol–water partition coefficient (Wildman–Crippen LogP) is 4.23. The summed E-state index contributed by atoms with van der Waals surface area (Å²) in [7, 11) is 0. The Labute approximate surface area is 136 Å². The lowest BCUT2D eigenvalue weighted by molar-refractivity contribution is -0.155. The normalized spacial score (nSPS) is 16.6. The summed E-state index contributed by atoms with van der Waals surface area (Å²) in [5.74, 6) is -1.19. The molecule has 3 rings (SSSR count). The van der Waals surface area contributed by atoms with Crippen molar-refractivity contribution in [3.8, 4) is 0 Å². The van der Waals surface area contributed by atoms with E-state index in [1.165, 1.54) is 11.1 Å². The fourth-order valence-electron chi connectivity index (χ4n) is 3.31. The maximum Gasteiger partial charge on any atom is 0.341 e. The molecule has 0 fully saturated rings. The molecule has 2 nitrogen and oxygen atoms in total. The Kier molecular flexibility index (Phi) is 4.75. The molecule has 2 aromatic carbocycles. The molecule has 1 aliphatic rings. The first-order valence-corrected chi connectivity index (χ1v) is 8.15. The SMILES string of the molecule is CC[C@@H](c1ccccc1)[C@H](F)C(=O)OC1Cc2ccccc2C1. The highest BCUT2D eigenvalue weighted by Gasteiger charge is 2.33. The second kappa shape index (κ2) is 6.95. The summed E-state index contributed by atoms with van der Waals surface area (Å²) in [4.78, 5) is 12.2. The van der Waals surface area contributed by atoms with Crippen LogP contribution in [0.15, 0.2) is 54.6 Å². The molecule has 0 radical (unpaired) electrons. The smallest absolute Gasteiger partial charge is 0.341 e. The first-order valence-electron chi connectivity index (χ1n) is 8.15. The molecule has 0 amide bonds. The third kappa shape index (κ3) is 3.44. The van der Waals surface area contributed by atoms with Gasteiger partial charge >= 0.3 is 5.97 Å². The molecule has 0 spiro atoms. The molecule has 3 heteroatoms. The lowest BCUT2D eigenvalue weighted by Gasteiger charge is -2.21. The zero-order valence-corrected chi connectivity index (χ0v) is 13.2. The number of esters is 1. The van der Waals surface area contributed by atoms with E-state index in [0.29, 0.717) is 19.3 Å². The average molecular weight is 312 g/mol. The Morgan fingerprint density at radius 1 is 1.09 bits per heavy atom. The minimum atomic E-state index is -1.62. The van der Waals surface area contributed by atoms with Crippen LogP contribution in [-0.4, -0.2) is 18.2 Å². The first-order chi connectivity index (χ1) is 11.2. The molecule has 1 aliphatic carbocycles. The lowest BCUT2D eigenvalue weighted by atomic mass is 9.92. The molecule has 0 bridgehead atoms. The van der Waals surface area contributed by atoms with Gasteiger partial charge in [-0.05, 0) is 23.1 Å². The Morgan fingerprint density at radius 2 is 1.65 bits per heavy atom. The van der Waals surface area contributed by atoms with Gasteiger partial charge in [-0.15, -0.1) is 0 Å². The van der Waals surface area contributed by atoms with Crippen LogP contribution in [0.2, 0.25) is 0 Å². The van der Waals surface area contributed by atoms with Gasteiger partial charge in [-0.25, -0.2) is 9.18 Å². The van der Waals surface area contributed by atoms with Crippen LogP contribution in [0.25, 0.3) is 0 Å². The summed E-state index contributed by atoms with van der Waals surface area (Å²) in [5.41, 5.74) is 3.22. The van der Waals surface area contributed by atoms with E-state index in [9.17, 15) is 9.18 Å². The number of halogens is 1. The molecule has 0 N–H and O–H groups in total. The monoisotopic (exact) mass is 312 g/mol. The molecular weight excluding hydrogens is 291 g/mol. The van der Waals surface area contributed by atoms with Crippen LogP contribution >= 0.6 is 0 Å². The third-order valence-electron chi connectivity index (χ3n) is 4.54. The number of carbonyl (C=O) groups is 1. The van der Waals surface area contributed by atoms with Gasteiger partial charge in [-0.1, -0.05) is 61.5 Å². The van der Waals surface area contributed by atoms with Crippen molar-refractivity contribution in [2.45, 2.75) is 44.4 Å². The molecule has 0 aromatic heterocycles. The van der Waals surface area contributed by atoms with E-state index in [-0.39, 0.29) is 6.10 Å². The van der Waals surface area contributed by atoms with Gasteiger partial charge in [-0.3, -0.25) is 0 Å². The number of hydrogen-bond donors (Lipinski definition) is 0. The number of rotatable bonds is 5. The van der Waals surface area contributed by atoms with Gasteiger partial charge in [0.05, 0.1) is 0 Å². The molecule has 2 aromatic rings. The highest BCUT2D eigenvalue weighted by Crippen LogP contribution is 2.29. The van der Waals surface area contributed by atoms with Crippen LogP contribution < -0.4 is 0 Å². The van der Waals surface area contributed by atoms with Crippen LogP contribution in [0.4, 0.5) is 4.39 Å². The van der Waals surface area contributed by atoms with Crippen LogP contribution in [0.3, 0.4) is 0 Å². The lowest BCUT2D eigenvalue weighted by Crippen LogP contribution is -2.30. The summed E-state index contributed by atoms with van der Waals surface area (Å²) in [6.07, 6.45) is 0.0520. The summed E-state index contributed by atoms with van der Waals surface area (Å²) in [5, 5.41) is 0. The zero-order valence-electron chi connectivity index (χ0n) is 13.2. The Hall–Kier alpha value is -2.16. The summed E-state index contributed by atoms with van der Waals surface area (Å²) in [6.45, 7) is 1.89. The highest BCUT2D eigenvalue weighted by molar-refractivity contribution is 5.76. The van der Waals surface area contributed by atoms with Gasteiger partial charge in [0.1, 0.15) is 6.10 Å². The molecule has 0 saturated heterocycles. The van der Waals surface area contributed by atoms with E-state index in [4.69, 9.17) is 4.74 Å². The van der Waals surface area contributed by atoms with Crippen LogP contribution in [0, 0.1) is 0 Å². The molecule has 120 valence electrons. The molecule has 0 aliphatic heterocycles. The Balaban J connectivity index is 1.64. The second-order valence-electron chi connectivity index (χ2n) is 6.06. The van der Waals surface area contributed by atoms with Crippen molar-refractivity contribution in [3.63, 3.8) is 0 Å². The van der Waals surface area contributed by atoms with Crippen molar-refractivity contribution >= 4 is 5.97 Å². The summed E-state index contributed by atoms with van der Waals surface area (Å²) >= 11 is 0. The standard InChI is InChI=1S/C20H21FO2/c1-2-18(14-8-4-3-5-9-14)19(21)20(22)23-17-12-15-10-6-7-11-16(15)13-17/h3-11,17-19H,2,12-13H2,1H3/t18-,19-/m0/s1. The van der Waals surface area contributed by atoms with Gasteiger partial charge in [0.2, 0.25) is 6.17 Å². The number of hydrogen-bond acceptors (Lipinski definition) is 2. The van der Waals surface area contributed by atoms with E-state index in [1.807, 2.05) is 61.5 Å². The van der Waals surface area contributed by atoms with Crippen molar-refractivity contribution in [1.29, 1.82) is 0 Å². The van der Waals surface area contributed by atoms with Crippen molar-refractivity contribution in [2.24, 2.45) is 0 Å². The van der Waals surface area contributed by atoms with Crippen molar-refractivity contribution < 1.29 is 13.9 Å². The molecular formula is C20H21FO2. The van der Waals surface area contributed by atoms with E-state index >= 15 is 0 Å². The fourth-order valence-corrected chi connectivity index (χ4v) is 3.31. The minimum Gasteiger partial charge on any atom is -0.460 e. The van der Waals surface area contributed by atoms with E-state index in [0.717, 1.165) is 5.56 Å². The highest BCUT2D eigenvalue weighted by atomic mass is 19.1. The molecule has 0 heterocycles. The Morgan fingerprint density at radius 3 is 2.22 bits per heavy atom. The number of alkyl halides is 1. The molecule has 0 saturated carbocycles. The second-order valence-corrected chi connectivity index (χ2v) is 6.06. The average Bonchev–Trinajstić information content (AvgIpc) is 2.98. The number of carbonyl (C=O) groups excluding carboxylic acids is 1. The van der Waals surface area contributed by atoms with Gasteiger partial charge in [-0.2, -0.15) is 0 Å². The van der Waals surface area contributed by atoms with E-state index in [2.05, 4.69) is 0 Å². The Bertz CT molecular complexity index is 643. The van der Waals surface area contributed by atoms with Crippen LogP contribution in [0.1, 0.15) is 36.0 Å². The fraction of sp³-hybridized carbons (Fsp3) is 0.350. The number of ether oxygens (including phenoxy) is 1. The van der Waals surface area contributed by atoms with Gasteiger partial charge < -0.3 is 4.74 Å². The minimum absolute atomic E-state index is 0.244. The quantitative estimate of drug-likeness (QED) is 0.772. The van der Waals surface area contributed by atoms with Crippen molar-refractivity contribution in [2.75, 3.05) is 0 Å². The van der Waals surface area contributed by atoms with Crippen molar-refractivity contribution in [1.82, 2.24) is 0 Å². The van der Waals surface area contributed by atoms with Gasteiger partial charge in [0.15, 0.2) is 0 Å². The molecule has 23 heavy (non-hydrogen) atoms. The maximum atomic E-state index is 14.7. The third-order valence-corrected chi connectivity index (χ3v) is 4.54. The van der Waals surface area contributed by atoms with Gasteiger partial charge in [0, 0.05) is 18.8 Å². The zero-order chi connectivity index (χ0) is 16.2. The number of benzene rings is 2. The first kappa shape index (κ1) is 15.7. The van der Waals surface area contributed by atoms with Crippen LogP contribution in [-0.2, 0) is 22.4 Å². The van der Waals surface area contributed by atoms with Crippen molar-refractivity contribution in [3.05, 3.63) is 71.3 Å². The summed E-state index contributed by atoms with van der Waals surface area (Å²) in [6, 6.07) is 17.4. The maximum absolute atomic E-state index is 14.7. The largest absolute Gasteiger partial charge is 0.460 e. The predicted molar refractivity (Wildman–Crippen MR) is 88.1 cm³/mol. The number of fused-ring (bicyclic) bond motifs is 1. The van der Waals surface area contributed by atoms with Gasteiger partial charge in [0.25, 0.3) is 0 Å². The topological polar surface area (TPSA) is 26.3 Å². The molecule has 2 atom stereocenters. The molecule has 0 unspecified atom stereocenters. The van der Waals surface area contributed by atoms with E-state index < -0.39 is 18.1 Å².